The number of ether oxygens (including phenoxy) is 2. The molecular weight excluding hydrogens is 562 g/mol. The second kappa shape index (κ2) is 15.3. The summed E-state index contributed by atoms with van der Waals surface area (Å²) in [4.78, 5) is 15.4. The van der Waals surface area contributed by atoms with Crippen LogP contribution in [-0.4, -0.2) is 115 Å². The van der Waals surface area contributed by atoms with Gasteiger partial charge in [0, 0.05) is 49.9 Å². The zero-order valence-corrected chi connectivity index (χ0v) is 27.2. The minimum absolute atomic E-state index is 0.629. The molecule has 3 aromatic rings. The van der Waals surface area contributed by atoms with Gasteiger partial charge >= 0.3 is 0 Å². The molecule has 4 aliphatic rings. The van der Waals surface area contributed by atoms with Crippen molar-refractivity contribution in [2.24, 2.45) is 0 Å². The third kappa shape index (κ3) is 8.20. The van der Waals surface area contributed by atoms with Gasteiger partial charge in [-0.1, -0.05) is 0 Å². The summed E-state index contributed by atoms with van der Waals surface area (Å²) in [5.74, 6) is 2.38. The Labute approximate surface area is 269 Å². The van der Waals surface area contributed by atoms with E-state index < -0.39 is 0 Å². The van der Waals surface area contributed by atoms with Gasteiger partial charge in [-0.3, -0.25) is 9.80 Å². The van der Waals surface area contributed by atoms with Gasteiger partial charge < -0.3 is 23.7 Å². The second-order valence-corrected chi connectivity index (χ2v) is 13.8. The van der Waals surface area contributed by atoms with Gasteiger partial charge in [-0.2, -0.15) is 0 Å². The highest BCUT2D eigenvalue weighted by atomic mass is 16.5. The fourth-order valence-electron chi connectivity index (χ4n) is 8.05. The van der Waals surface area contributed by atoms with E-state index in [-0.39, 0.29) is 0 Å². The molecule has 4 saturated heterocycles. The van der Waals surface area contributed by atoms with Crippen molar-refractivity contribution in [3.05, 3.63) is 42.5 Å². The Bertz CT molecular complexity index is 1330. The molecule has 0 aliphatic carbocycles. The van der Waals surface area contributed by atoms with Crippen LogP contribution in [0.5, 0.6) is 11.5 Å². The summed E-state index contributed by atoms with van der Waals surface area (Å²) in [7, 11) is 0. The maximum absolute atomic E-state index is 6.16. The van der Waals surface area contributed by atoms with Gasteiger partial charge in [0.1, 0.15) is 17.0 Å². The van der Waals surface area contributed by atoms with E-state index in [0.717, 1.165) is 79.4 Å². The molecule has 8 nitrogen and oxygen atoms in total. The van der Waals surface area contributed by atoms with Crippen molar-refractivity contribution in [1.29, 1.82) is 0 Å². The maximum Gasteiger partial charge on any atom is 0.227 e. The van der Waals surface area contributed by atoms with Crippen LogP contribution in [0.15, 0.2) is 46.9 Å². The summed E-state index contributed by atoms with van der Waals surface area (Å²) < 4.78 is 18.4. The smallest absolute Gasteiger partial charge is 0.227 e. The number of hydrogen-bond donors (Lipinski definition) is 0. The molecule has 2 atom stereocenters. The van der Waals surface area contributed by atoms with E-state index in [1.54, 1.807) is 0 Å². The third-order valence-electron chi connectivity index (χ3n) is 10.5. The van der Waals surface area contributed by atoms with Crippen molar-refractivity contribution in [2.45, 2.75) is 76.3 Å². The van der Waals surface area contributed by atoms with Crippen LogP contribution in [-0.2, 0) is 0 Å². The van der Waals surface area contributed by atoms with E-state index in [1.807, 2.05) is 42.5 Å². The number of nitrogens with zero attached hydrogens (tertiary/aromatic N) is 5. The van der Waals surface area contributed by atoms with Crippen LogP contribution in [0.2, 0.25) is 0 Å². The molecule has 2 aromatic carbocycles. The predicted octanol–water partition coefficient (Wildman–Crippen LogP) is 6.15. The van der Waals surface area contributed by atoms with E-state index in [1.165, 1.54) is 104 Å². The SMILES string of the molecule is c1cc2nc(-c3ccc(OCCCN4CCC[C@H]4CN4CCCC4)cc3)oc2cc1OCCCN1CCCC1CN1CCCC1. The van der Waals surface area contributed by atoms with Crippen molar-refractivity contribution < 1.29 is 13.9 Å². The first-order valence-electron chi connectivity index (χ1n) is 18.0. The fraction of sp³-hybridized carbons (Fsp3) is 0.649. The summed E-state index contributed by atoms with van der Waals surface area (Å²) >= 11 is 0. The van der Waals surface area contributed by atoms with Gasteiger partial charge in [-0.15, -0.1) is 0 Å². The highest BCUT2D eigenvalue weighted by Crippen LogP contribution is 2.29. The number of rotatable bonds is 15. The predicted molar refractivity (Wildman–Crippen MR) is 180 cm³/mol. The van der Waals surface area contributed by atoms with Gasteiger partial charge in [-0.05, 0) is 140 Å². The Hall–Kier alpha value is -2.65. The van der Waals surface area contributed by atoms with Crippen LogP contribution in [0.3, 0.4) is 0 Å². The Morgan fingerprint density at radius 3 is 1.80 bits per heavy atom. The molecule has 5 heterocycles. The van der Waals surface area contributed by atoms with E-state index in [2.05, 4.69) is 19.6 Å². The summed E-state index contributed by atoms with van der Waals surface area (Å²) in [5, 5.41) is 0. The van der Waals surface area contributed by atoms with Crippen molar-refractivity contribution in [3.8, 4) is 23.0 Å². The average molecular weight is 616 g/mol. The van der Waals surface area contributed by atoms with Gasteiger partial charge in [0.2, 0.25) is 5.89 Å². The first-order valence-corrected chi connectivity index (χ1v) is 18.0. The number of oxazole rings is 1. The van der Waals surface area contributed by atoms with E-state index >= 15 is 0 Å². The van der Waals surface area contributed by atoms with Crippen LogP contribution in [0.1, 0.15) is 64.2 Å². The quantitative estimate of drug-likeness (QED) is 0.189. The molecular formula is C37H53N5O3. The highest BCUT2D eigenvalue weighted by molar-refractivity contribution is 5.77. The van der Waals surface area contributed by atoms with Gasteiger partial charge in [-0.25, -0.2) is 4.98 Å². The summed E-state index contributed by atoms with van der Waals surface area (Å²) in [6.07, 6.45) is 13.0. The molecule has 4 fully saturated rings. The zero-order chi connectivity index (χ0) is 30.3. The molecule has 244 valence electrons. The monoisotopic (exact) mass is 615 g/mol. The van der Waals surface area contributed by atoms with Crippen molar-refractivity contribution in [2.75, 3.05) is 78.7 Å². The molecule has 7 rings (SSSR count). The molecule has 45 heavy (non-hydrogen) atoms. The van der Waals surface area contributed by atoms with Crippen molar-refractivity contribution in [1.82, 2.24) is 24.6 Å². The number of benzene rings is 2. The van der Waals surface area contributed by atoms with E-state index in [9.17, 15) is 0 Å². The third-order valence-corrected chi connectivity index (χ3v) is 10.5. The fourth-order valence-corrected chi connectivity index (χ4v) is 8.05. The Morgan fingerprint density at radius 2 is 1.20 bits per heavy atom. The lowest BCUT2D eigenvalue weighted by atomic mass is 10.2. The lowest BCUT2D eigenvalue weighted by Gasteiger charge is -2.28. The second-order valence-electron chi connectivity index (χ2n) is 13.8. The Balaban J connectivity index is 0.838. The Kier molecular flexibility index (Phi) is 10.5. The Morgan fingerprint density at radius 1 is 0.644 bits per heavy atom. The molecule has 1 unspecified atom stereocenters. The summed E-state index contributed by atoms with van der Waals surface area (Å²) in [6, 6.07) is 15.6. The topological polar surface area (TPSA) is 57.5 Å². The van der Waals surface area contributed by atoms with Crippen LogP contribution in [0, 0.1) is 0 Å². The molecule has 0 saturated carbocycles. The first-order chi connectivity index (χ1) is 22.3. The van der Waals surface area contributed by atoms with Gasteiger partial charge in [0.05, 0.1) is 13.2 Å². The zero-order valence-electron chi connectivity index (χ0n) is 27.2. The largest absolute Gasteiger partial charge is 0.494 e. The minimum atomic E-state index is 0.629. The first kappa shape index (κ1) is 31.0. The minimum Gasteiger partial charge on any atom is -0.494 e. The standard InChI is InChI=1S/C37H53N5O3/c1-2-18-39(17-1)28-31-9-5-21-41(31)23-7-25-43-33-13-11-30(12-14-33)37-38-35-16-15-34(27-36(35)45-37)44-26-8-24-42-22-6-10-32(42)29-40-19-3-4-20-40/h11-16,27,31-32H,1-10,17-26,28-29H2/t31-,32?/m0/s1. The molecule has 0 amide bonds. The number of aromatic nitrogens is 1. The molecule has 4 aliphatic heterocycles. The number of likely N-dealkylation sites (tertiary alicyclic amines) is 4. The maximum atomic E-state index is 6.16. The normalized spacial score (nSPS) is 23.6. The molecule has 0 N–H and O–H groups in total. The lowest BCUT2D eigenvalue weighted by molar-refractivity contribution is 0.178. The van der Waals surface area contributed by atoms with Crippen LogP contribution in [0.4, 0.5) is 0 Å². The van der Waals surface area contributed by atoms with Gasteiger partial charge in [0.15, 0.2) is 5.58 Å². The summed E-state index contributed by atoms with van der Waals surface area (Å²) in [5.41, 5.74) is 2.57. The molecule has 8 heteroatoms. The average Bonchev–Trinajstić information content (AvgIpc) is 3.91. The number of hydrogen-bond acceptors (Lipinski definition) is 8. The van der Waals surface area contributed by atoms with E-state index in [4.69, 9.17) is 18.9 Å². The van der Waals surface area contributed by atoms with Crippen molar-refractivity contribution in [3.63, 3.8) is 0 Å². The van der Waals surface area contributed by atoms with Crippen LogP contribution >= 0.6 is 0 Å². The lowest BCUT2D eigenvalue weighted by Crippen LogP contribution is -2.40. The summed E-state index contributed by atoms with van der Waals surface area (Å²) in [6.45, 7) is 13.8. The molecule has 0 spiro atoms. The molecule has 1 aromatic heterocycles. The molecule has 0 bridgehead atoms. The molecule has 0 radical (unpaired) electrons. The van der Waals surface area contributed by atoms with Crippen LogP contribution in [0.25, 0.3) is 22.6 Å². The van der Waals surface area contributed by atoms with E-state index in [0.29, 0.717) is 5.89 Å². The highest BCUT2D eigenvalue weighted by Gasteiger charge is 2.28. The van der Waals surface area contributed by atoms with Crippen LogP contribution < -0.4 is 9.47 Å². The van der Waals surface area contributed by atoms with Crippen molar-refractivity contribution >= 4 is 11.1 Å². The van der Waals surface area contributed by atoms with Gasteiger partial charge in [0.25, 0.3) is 0 Å². The number of fused-ring (bicyclic) bond motifs is 1.